The summed E-state index contributed by atoms with van der Waals surface area (Å²) in [7, 11) is -0.878. The molecule has 1 heterocycles. The molecule has 9 nitrogen and oxygen atoms in total. The molecule has 184 valence electrons. The number of aryl methyl sites for hydroxylation is 1. The van der Waals surface area contributed by atoms with Crippen LogP contribution in [0.4, 0.5) is 10.1 Å². The highest BCUT2D eigenvalue weighted by atomic mass is 32.2. The van der Waals surface area contributed by atoms with Crippen LogP contribution in [0.2, 0.25) is 0 Å². The maximum atomic E-state index is 14.1. The average Bonchev–Trinajstić information content (AvgIpc) is 3.05. The van der Waals surface area contributed by atoms with Gasteiger partial charge in [-0.15, -0.1) is 0 Å². The van der Waals surface area contributed by atoms with Crippen LogP contribution < -0.4 is 13.8 Å². The van der Waals surface area contributed by atoms with Gasteiger partial charge in [-0.2, -0.15) is 8.42 Å². The van der Waals surface area contributed by atoms with Crippen LogP contribution in [0.15, 0.2) is 48.5 Å². The molecule has 0 bridgehead atoms. The Morgan fingerprint density at radius 2 is 1.85 bits per heavy atom. The fourth-order valence-electron chi connectivity index (χ4n) is 3.51. The summed E-state index contributed by atoms with van der Waals surface area (Å²) < 4.78 is 46.6. The van der Waals surface area contributed by atoms with Gasteiger partial charge in [0.2, 0.25) is 5.88 Å². The number of benzene rings is 2. The lowest BCUT2D eigenvalue weighted by atomic mass is 10.1. The fraction of sp³-hybridized carbons (Fsp3) is 0.348. The van der Waals surface area contributed by atoms with E-state index in [1.165, 1.54) is 23.1 Å². The summed E-state index contributed by atoms with van der Waals surface area (Å²) in [6, 6.07) is 9.02. The van der Waals surface area contributed by atoms with Gasteiger partial charge in [0.25, 0.3) is 5.91 Å². The van der Waals surface area contributed by atoms with Gasteiger partial charge in [0.15, 0.2) is 0 Å². The van der Waals surface area contributed by atoms with Crippen LogP contribution in [0.3, 0.4) is 0 Å². The zero-order chi connectivity index (χ0) is 24.9. The quantitative estimate of drug-likeness (QED) is 0.437. The van der Waals surface area contributed by atoms with Crippen molar-refractivity contribution in [3.05, 3.63) is 65.4 Å². The molecule has 34 heavy (non-hydrogen) atoms. The second kappa shape index (κ2) is 10.6. The molecule has 1 aliphatic heterocycles. The van der Waals surface area contributed by atoms with Crippen molar-refractivity contribution in [1.29, 1.82) is 0 Å². The molecule has 3 rings (SSSR count). The van der Waals surface area contributed by atoms with Crippen molar-refractivity contribution >= 4 is 21.8 Å². The van der Waals surface area contributed by atoms with E-state index in [1.807, 2.05) is 4.72 Å². The van der Waals surface area contributed by atoms with Crippen molar-refractivity contribution < 1.29 is 32.6 Å². The molecule has 0 saturated carbocycles. The summed E-state index contributed by atoms with van der Waals surface area (Å²) in [6.45, 7) is 0.343. The van der Waals surface area contributed by atoms with Gasteiger partial charge < -0.3 is 19.8 Å². The Morgan fingerprint density at radius 1 is 1.12 bits per heavy atom. The normalized spacial score (nSPS) is 14.4. The van der Waals surface area contributed by atoms with Crippen LogP contribution in [-0.2, 0) is 16.6 Å². The van der Waals surface area contributed by atoms with Crippen molar-refractivity contribution in [2.75, 3.05) is 25.0 Å². The van der Waals surface area contributed by atoms with Crippen LogP contribution in [0, 0.1) is 5.82 Å². The highest BCUT2D eigenvalue weighted by Crippen LogP contribution is 2.33. The molecule has 3 N–H and O–H groups in total. The number of nitrogens with one attached hydrogen (secondary N) is 1. The van der Waals surface area contributed by atoms with Crippen molar-refractivity contribution in [2.24, 2.45) is 0 Å². The van der Waals surface area contributed by atoms with E-state index in [1.54, 1.807) is 32.3 Å². The van der Waals surface area contributed by atoms with Crippen molar-refractivity contribution in [3.63, 3.8) is 0 Å². The minimum atomic E-state index is -3.98. The highest BCUT2D eigenvalue weighted by Gasteiger charge is 2.30. The van der Waals surface area contributed by atoms with Gasteiger partial charge in [0.05, 0.1) is 12.8 Å². The molecule has 0 aromatic heterocycles. The van der Waals surface area contributed by atoms with Crippen LogP contribution in [0.1, 0.15) is 41.6 Å². The summed E-state index contributed by atoms with van der Waals surface area (Å²) in [5, 5.41) is 19.5. The molecule has 2 aromatic rings. The van der Waals surface area contributed by atoms with E-state index in [2.05, 4.69) is 0 Å². The molecule has 2 aromatic carbocycles. The Morgan fingerprint density at radius 3 is 2.53 bits per heavy atom. The number of hydrogen-bond donors (Lipinski definition) is 3. The molecule has 11 heteroatoms. The maximum Gasteiger partial charge on any atom is 0.330 e. The van der Waals surface area contributed by atoms with Gasteiger partial charge in [-0.25, -0.2) is 13.4 Å². The lowest BCUT2D eigenvalue weighted by molar-refractivity contribution is 0.0818. The van der Waals surface area contributed by atoms with Gasteiger partial charge in [-0.3, -0.25) is 4.79 Å². The van der Waals surface area contributed by atoms with E-state index in [-0.39, 0.29) is 22.7 Å². The number of aliphatic hydroxyl groups is 1. The van der Waals surface area contributed by atoms with Crippen LogP contribution in [-0.4, -0.2) is 50.1 Å². The molecular weight excluding hydrogens is 465 g/mol. The third-order valence-corrected chi connectivity index (χ3v) is 6.51. The smallest absolute Gasteiger partial charge is 0.330 e. The molecular formula is C23H28FN3O6S. The summed E-state index contributed by atoms with van der Waals surface area (Å²) >= 11 is 0. The van der Waals surface area contributed by atoms with Crippen molar-refractivity contribution in [1.82, 2.24) is 9.62 Å². The van der Waals surface area contributed by atoms with Gasteiger partial charge in [-0.1, -0.05) is 25.0 Å². The first-order valence-electron chi connectivity index (χ1n) is 10.8. The van der Waals surface area contributed by atoms with E-state index in [4.69, 9.17) is 4.74 Å². The fourth-order valence-corrected chi connectivity index (χ4v) is 4.57. The SMILES string of the molecule is CN(C)C(=O)c1c(F)cccc1OCCCCCCc1ccc(O)c(N2C=C(O)NS2(=O)=O)c1. The number of ether oxygens (including phenoxy) is 1. The predicted molar refractivity (Wildman–Crippen MR) is 125 cm³/mol. The van der Waals surface area contributed by atoms with E-state index in [9.17, 15) is 27.8 Å². The Labute approximate surface area is 198 Å². The number of halogens is 1. The molecule has 0 unspecified atom stereocenters. The minimum Gasteiger partial charge on any atom is -0.506 e. The van der Waals surface area contributed by atoms with Crippen molar-refractivity contribution in [2.45, 2.75) is 32.1 Å². The zero-order valence-electron chi connectivity index (χ0n) is 19.0. The first-order chi connectivity index (χ1) is 16.1. The summed E-state index contributed by atoms with van der Waals surface area (Å²) in [4.78, 5) is 13.5. The number of unbranched alkanes of at least 4 members (excludes halogenated alkanes) is 3. The molecule has 0 fully saturated rings. The number of amides is 1. The number of carbonyl (C=O) groups excluding carboxylic acids is 1. The van der Waals surface area contributed by atoms with E-state index in [0.717, 1.165) is 35.3 Å². The van der Waals surface area contributed by atoms with Crippen LogP contribution >= 0.6 is 0 Å². The van der Waals surface area contributed by atoms with E-state index in [0.29, 0.717) is 19.4 Å². The Kier molecular flexibility index (Phi) is 7.87. The average molecular weight is 494 g/mol. The Balaban J connectivity index is 1.47. The summed E-state index contributed by atoms with van der Waals surface area (Å²) in [6.07, 6.45) is 4.91. The third-order valence-electron chi connectivity index (χ3n) is 5.22. The van der Waals surface area contributed by atoms with Crippen LogP contribution in [0.25, 0.3) is 0 Å². The molecule has 0 spiro atoms. The van der Waals surface area contributed by atoms with Gasteiger partial charge >= 0.3 is 10.2 Å². The second-order valence-corrected chi connectivity index (χ2v) is 9.61. The first kappa shape index (κ1) is 25.2. The lowest BCUT2D eigenvalue weighted by Gasteiger charge is -2.16. The number of hydrogen-bond acceptors (Lipinski definition) is 6. The lowest BCUT2D eigenvalue weighted by Crippen LogP contribution is -2.29. The second-order valence-electron chi connectivity index (χ2n) is 8.07. The molecule has 0 atom stereocenters. The molecule has 0 radical (unpaired) electrons. The topological polar surface area (TPSA) is 119 Å². The number of phenolic OH excluding ortho intramolecular Hbond substituents is 1. The molecule has 1 amide bonds. The summed E-state index contributed by atoms with van der Waals surface area (Å²) in [5.41, 5.74) is 0.820. The number of nitrogens with zero attached hydrogens (tertiary/aromatic N) is 2. The van der Waals surface area contributed by atoms with E-state index < -0.39 is 27.8 Å². The maximum absolute atomic E-state index is 14.1. The highest BCUT2D eigenvalue weighted by molar-refractivity contribution is 7.91. The van der Waals surface area contributed by atoms with Gasteiger partial charge in [-0.05, 0) is 49.1 Å². The van der Waals surface area contributed by atoms with Gasteiger partial charge in [0.1, 0.15) is 28.6 Å². The number of anilines is 1. The molecule has 0 aliphatic carbocycles. The molecule has 0 saturated heterocycles. The number of rotatable bonds is 10. The Hall–Kier alpha value is -3.47. The standard InChI is InChI=1S/C23H28FN3O6S/c1-26(2)23(30)22-17(24)9-7-10-20(22)33-13-6-4-3-5-8-16-11-12-19(28)18(14-16)27-15-21(29)25-34(27,31)32/h7,9-12,14-15,25,28-29H,3-6,8,13H2,1-2H3. The van der Waals surface area contributed by atoms with Gasteiger partial charge in [0, 0.05) is 14.1 Å². The van der Waals surface area contributed by atoms with Crippen LogP contribution in [0.5, 0.6) is 11.5 Å². The van der Waals surface area contributed by atoms with Crippen molar-refractivity contribution in [3.8, 4) is 11.5 Å². The monoisotopic (exact) mass is 493 g/mol. The zero-order valence-corrected chi connectivity index (χ0v) is 19.8. The van der Waals surface area contributed by atoms with E-state index >= 15 is 0 Å². The summed E-state index contributed by atoms with van der Waals surface area (Å²) in [5.74, 6) is -1.59. The number of aromatic hydroxyl groups is 1. The molecule has 1 aliphatic rings. The largest absolute Gasteiger partial charge is 0.506 e. The predicted octanol–water partition coefficient (Wildman–Crippen LogP) is 3.43. The number of aliphatic hydroxyl groups excluding tert-OH is 1. The first-order valence-corrected chi connectivity index (χ1v) is 12.2. The number of phenols is 1. The third kappa shape index (κ3) is 5.90. The number of carbonyl (C=O) groups is 1. The Bertz CT molecular complexity index is 1180. The minimum absolute atomic E-state index is 0.0561.